The maximum Gasteiger partial charge on any atom is 0.253 e. The van der Waals surface area contributed by atoms with Crippen molar-refractivity contribution in [1.29, 1.82) is 0 Å². The molecule has 1 saturated heterocycles. The predicted molar refractivity (Wildman–Crippen MR) is 106 cm³/mol. The Balaban J connectivity index is 1.90. The summed E-state index contributed by atoms with van der Waals surface area (Å²) >= 11 is 0. The van der Waals surface area contributed by atoms with Crippen molar-refractivity contribution in [2.45, 2.75) is 19.4 Å². The zero-order chi connectivity index (χ0) is 20.1. The first-order chi connectivity index (χ1) is 13.5. The van der Waals surface area contributed by atoms with Gasteiger partial charge in [-0.3, -0.25) is 9.48 Å². The molecule has 2 heterocycles. The molecule has 1 aromatic carbocycles. The molecule has 1 fully saturated rings. The highest BCUT2D eigenvalue weighted by molar-refractivity contribution is 5.94. The summed E-state index contributed by atoms with van der Waals surface area (Å²) in [6, 6.07) is 5.54. The van der Waals surface area contributed by atoms with Gasteiger partial charge in [0.05, 0.1) is 25.8 Å². The lowest BCUT2D eigenvalue weighted by atomic mass is 10.2. The first kappa shape index (κ1) is 19.4. The van der Waals surface area contributed by atoms with Crippen LogP contribution in [0.3, 0.4) is 0 Å². The predicted octanol–water partition coefficient (Wildman–Crippen LogP) is 2.18. The van der Waals surface area contributed by atoms with Crippen LogP contribution in [0.1, 0.15) is 41.0 Å². The van der Waals surface area contributed by atoms with Crippen molar-refractivity contribution in [3.63, 3.8) is 0 Å². The molecule has 3 rings (SSSR count). The van der Waals surface area contributed by atoms with E-state index in [1.807, 2.05) is 13.0 Å². The van der Waals surface area contributed by atoms with Crippen molar-refractivity contribution in [3.05, 3.63) is 53.5 Å². The van der Waals surface area contributed by atoms with Gasteiger partial charge in [-0.25, -0.2) is 0 Å². The largest absolute Gasteiger partial charge is 0.497 e. The number of primary amides is 1. The van der Waals surface area contributed by atoms with Crippen molar-refractivity contribution < 1.29 is 14.3 Å². The fourth-order valence-electron chi connectivity index (χ4n) is 3.19. The van der Waals surface area contributed by atoms with Gasteiger partial charge in [0.2, 0.25) is 0 Å². The first-order valence-electron chi connectivity index (χ1n) is 9.05. The molecular weight excluding hydrogens is 356 g/mol. The summed E-state index contributed by atoms with van der Waals surface area (Å²) in [5, 5.41) is 4.54. The van der Waals surface area contributed by atoms with Gasteiger partial charge in [-0.15, -0.1) is 0 Å². The topological polar surface area (TPSA) is 82.6 Å². The molecule has 0 radical (unpaired) electrons. The SMILES string of the molecule is CC=CN1CC[C@H](n2cc(C(N)=O)c(C#Cc3cc(OC)cc(OC)c3)n2)C1. The monoisotopic (exact) mass is 380 g/mol. The van der Waals surface area contributed by atoms with Crippen LogP contribution in [0.15, 0.2) is 36.7 Å². The smallest absolute Gasteiger partial charge is 0.253 e. The molecule has 0 spiro atoms. The van der Waals surface area contributed by atoms with Crippen molar-refractivity contribution in [2.24, 2.45) is 5.73 Å². The second-order valence-electron chi connectivity index (χ2n) is 6.51. The lowest BCUT2D eigenvalue weighted by Crippen LogP contribution is -2.16. The summed E-state index contributed by atoms with van der Waals surface area (Å²) in [6.07, 6.45) is 6.72. The highest BCUT2D eigenvalue weighted by atomic mass is 16.5. The molecule has 1 aromatic heterocycles. The standard InChI is InChI=1S/C21H24N4O3/c1-4-8-24-9-7-16(13-24)25-14-19(21(22)26)20(23-25)6-5-15-10-17(27-2)12-18(11-15)28-3/h4,8,10-12,14,16H,7,9,13H2,1-3H3,(H2,22,26)/t16-/m0/s1. The minimum Gasteiger partial charge on any atom is -0.497 e. The van der Waals surface area contributed by atoms with Gasteiger partial charge in [0, 0.05) is 30.9 Å². The van der Waals surface area contributed by atoms with Gasteiger partial charge in [-0.05, 0) is 37.6 Å². The number of benzene rings is 1. The average Bonchev–Trinajstić information content (AvgIpc) is 3.33. The molecule has 146 valence electrons. The van der Waals surface area contributed by atoms with Gasteiger partial charge >= 0.3 is 0 Å². The van der Waals surface area contributed by atoms with Crippen LogP contribution in [0, 0.1) is 11.8 Å². The van der Waals surface area contributed by atoms with Crippen LogP contribution in [-0.2, 0) is 0 Å². The lowest BCUT2D eigenvalue weighted by molar-refractivity contribution is 0.1000. The summed E-state index contributed by atoms with van der Waals surface area (Å²) in [5.74, 6) is 6.73. The number of hydrogen-bond acceptors (Lipinski definition) is 5. The molecule has 0 bridgehead atoms. The number of nitrogens with zero attached hydrogens (tertiary/aromatic N) is 3. The van der Waals surface area contributed by atoms with Gasteiger partial charge < -0.3 is 20.1 Å². The first-order valence-corrected chi connectivity index (χ1v) is 9.05. The summed E-state index contributed by atoms with van der Waals surface area (Å²) in [6.45, 7) is 3.78. The number of rotatable bonds is 5. The zero-order valence-corrected chi connectivity index (χ0v) is 16.3. The van der Waals surface area contributed by atoms with E-state index < -0.39 is 5.91 Å². The number of ether oxygens (including phenoxy) is 2. The maximum absolute atomic E-state index is 11.9. The Morgan fingerprint density at radius 3 is 2.57 bits per heavy atom. The van der Waals surface area contributed by atoms with E-state index in [1.54, 1.807) is 43.3 Å². The number of hydrogen-bond donors (Lipinski definition) is 1. The Morgan fingerprint density at radius 2 is 1.96 bits per heavy atom. The third-order valence-corrected chi connectivity index (χ3v) is 4.60. The van der Waals surface area contributed by atoms with Crippen LogP contribution in [0.4, 0.5) is 0 Å². The molecule has 2 N–H and O–H groups in total. The highest BCUT2D eigenvalue weighted by Crippen LogP contribution is 2.23. The van der Waals surface area contributed by atoms with E-state index in [2.05, 4.69) is 28.0 Å². The zero-order valence-electron chi connectivity index (χ0n) is 16.3. The van der Waals surface area contributed by atoms with Crippen LogP contribution in [-0.4, -0.2) is 47.9 Å². The minimum atomic E-state index is -0.540. The molecule has 1 aliphatic heterocycles. The van der Waals surface area contributed by atoms with Gasteiger partial charge in [0.1, 0.15) is 17.2 Å². The molecule has 7 nitrogen and oxygen atoms in total. The fourth-order valence-corrected chi connectivity index (χ4v) is 3.19. The maximum atomic E-state index is 11.9. The van der Waals surface area contributed by atoms with Gasteiger partial charge in [0.25, 0.3) is 5.91 Å². The van der Waals surface area contributed by atoms with Crippen LogP contribution in [0.25, 0.3) is 0 Å². The quantitative estimate of drug-likeness (QED) is 0.804. The lowest BCUT2D eigenvalue weighted by Gasteiger charge is -2.13. The Bertz CT molecular complexity index is 930. The van der Waals surface area contributed by atoms with Crippen LogP contribution >= 0.6 is 0 Å². The number of carbonyl (C=O) groups is 1. The number of carbonyl (C=O) groups excluding carboxylic acids is 1. The minimum absolute atomic E-state index is 0.182. The number of amides is 1. The molecule has 0 aliphatic carbocycles. The third kappa shape index (κ3) is 4.29. The van der Waals surface area contributed by atoms with E-state index in [9.17, 15) is 4.79 Å². The van der Waals surface area contributed by atoms with E-state index in [1.165, 1.54) is 0 Å². The van der Waals surface area contributed by atoms with Gasteiger partial charge in [0.15, 0.2) is 0 Å². The van der Waals surface area contributed by atoms with E-state index in [0.717, 1.165) is 19.5 Å². The normalized spacial score (nSPS) is 16.1. The van der Waals surface area contributed by atoms with E-state index in [0.29, 0.717) is 28.3 Å². The molecule has 0 unspecified atom stereocenters. The Kier molecular flexibility index (Phi) is 5.90. The number of allylic oxidation sites excluding steroid dienone is 1. The molecule has 2 aromatic rings. The summed E-state index contributed by atoms with van der Waals surface area (Å²) in [4.78, 5) is 14.1. The van der Waals surface area contributed by atoms with Crippen LogP contribution in [0.2, 0.25) is 0 Å². The van der Waals surface area contributed by atoms with E-state index in [-0.39, 0.29) is 6.04 Å². The molecule has 1 amide bonds. The summed E-state index contributed by atoms with van der Waals surface area (Å²) < 4.78 is 12.3. The number of likely N-dealkylation sites (tertiary alicyclic amines) is 1. The molecular formula is C21H24N4O3. The summed E-state index contributed by atoms with van der Waals surface area (Å²) in [7, 11) is 3.16. The van der Waals surface area contributed by atoms with Crippen LogP contribution in [0.5, 0.6) is 11.5 Å². The average molecular weight is 380 g/mol. The fraction of sp³-hybridized carbons (Fsp3) is 0.333. The molecule has 1 aliphatic rings. The molecule has 28 heavy (non-hydrogen) atoms. The van der Waals surface area contributed by atoms with Crippen molar-refractivity contribution >= 4 is 5.91 Å². The molecule has 7 heteroatoms. The van der Waals surface area contributed by atoms with E-state index in [4.69, 9.17) is 15.2 Å². The number of aromatic nitrogens is 2. The summed E-state index contributed by atoms with van der Waals surface area (Å²) in [5.41, 5.74) is 6.94. The van der Waals surface area contributed by atoms with Crippen molar-refractivity contribution in [2.75, 3.05) is 27.3 Å². The second-order valence-corrected chi connectivity index (χ2v) is 6.51. The Hall–Kier alpha value is -3.40. The van der Waals surface area contributed by atoms with E-state index >= 15 is 0 Å². The Morgan fingerprint density at radius 1 is 1.25 bits per heavy atom. The van der Waals surface area contributed by atoms with Gasteiger partial charge in [-0.1, -0.05) is 12.0 Å². The second kappa shape index (κ2) is 8.53. The van der Waals surface area contributed by atoms with Crippen molar-refractivity contribution in [3.8, 4) is 23.3 Å². The third-order valence-electron chi connectivity index (χ3n) is 4.60. The van der Waals surface area contributed by atoms with Gasteiger partial charge in [-0.2, -0.15) is 5.10 Å². The highest BCUT2D eigenvalue weighted by Gasteiger charge is 2.24. The number of nitrogens with two attached hydrogens (primary N) is 1. The molecule has 1 atom stereocenters. The number of methoxy groups -OCH3 is 2. The molecule has 0 saturated carbocycles. The van der Waals surface area contributed by atoms with Crippen molar-refractivity contribution in [1.82, 2.24) is 14.7 Å². The Labute approximate surface area is 164 Å². The van der Waals surface area contributed by atoms with Crippen LogP contribution < -0.4 is 15.2 Å².